The lowest BCUT2D eigenvalue weighted by atomic mass is 10.0. The number of nitrogens with two attached hydrogens (primary N) is 1. The van der Waals surface area contributed by atoms with Crippen molar-refractivity contribution in [3.05, 3.63) is 72.1 Å². The minimum absolute atomic E-state index is 0.00621. The van der Waals surface area contributed by atoms with Crippen LogP contribution in [-0.2, 0) is 0 Å². The average Bonchev–Trinajstić information content (AvgIpc) is 2.79. The molecule has 0 unspecified atom stereocenters. The topological polar surface area (TPSA) is 127 Å². The van der Waals surface area contributed by atoms with Crippen LogP contribution in [0, 0.1) is 5.41 Å². The molecule has 0 aromatic heterocycles. The summed E-state index contributed by atoms with van der Waals surface area (Å²) in [5.74, 6) is 0.789. The molecule has 0 fully saturated rings. The first kappa shape index (κ1) is 23.1. The zero-order valence-electron chi connectivity index (χ0n) is 18.1. The summed E-state index contributed by atoms with van der Waals surface area (Å²) in [4.78, 5) is 6.52. The number of aliphatic imine (C=N–C) groups is 1. The number of rotatable bonds is 10. The molecule has 0 aliphatic heterocycles. The fourth-order valence-electron chi connectivity index (χ4n) is 3.25. The van der Waals surface area contributed by atoms with Crippen LogP contribution in [0.3, 0.4) is 0 Å². The van der Waals surface area contributed by atoms with Crippen molar-refractivity contribution in [2.75, 3.05) is 43.1 Å². The van der Waals surface area contributed by atoms with E-state index < -0.39 is 0 Å². The fraction of sp³-hybridized carbons (Fsp3) is 0.250. The highest BCUT2D eigenvalue weighted by Crippen LogP contribution is 2.23. The van der Waals surface area contributed by atoms with E-state index in [1.165, 1.54) is 0 Å². The van der Waals surface area contributed by atoms with Crippen molar-refractivity contribution < 1.29 is 14.9 Å². The molecular weight excluding hydrogens is 406 g/mol. The Balaban J connectivity index is 1.78. The Morgan fingerprint density at radius 3 is 2.25 bits per heavy atom. The van der Waals surface area contributed by atoms with Gasteiger partial charge in [0.1, 0.15) is 5.75 Å². The van der Waals surface area contributed by atoms with Gasteiger partial charge in [-0.1, -0.05) is 0 Å². The molecule has 8 nitrogen and oxygen atoms in total. The third kappa shape index (κ3) is 5.96. The number of hydrogen-bond acceptors (Lipinski definition) is 8. The fourth-order valence-corrected chi connectivity index (χ4v) is 3.25. The summed E-state index contributed by atoms with van der Waals surface area (Å²) in [5.41, 5.74) is 10.4. The van der Waals surface area contributed by atoms with Crippen LogP contribution in [0.4, 0.5) is 17.1 Å². The predicted octanol–water partition coefficient (Wildman–Crippen LogP) is 2.82. The summed E-state index contributed by atoms with van der Waals surface area (Å²) in [7, 11) is 0. The van der Waals surface area contributed by atoms with E-state index in [0.717, 1.165) is 17.1 Å². The molecule has 0 atom stereocenters. The van der Waals surface area contributed by atoms with Gasteiger partial charge in [0.05, 0.1) is 48.3 Å². The number of ether oxygens (including phenoxy) is 1. The molecule has 0 bridgehead atoms. The second-order valence-electron chi connectivity index (χ2n) is 7.10. The van der Waals surface area contributed by atoms with Gasteiger partial charge in [0.15, 0.2) is 0 Å². The number of aliphatic hydroxyl groups excluding tert-OH is 2. The van der Waals surface area contributed by atoms with Crippen molar-refractivity contribution in [3.63, 3.8) is 0 Å². The maximum absolute atomic E-state index is 9.21. The minimum atomic E-state index is 0.00621. The van der Waals surface area contributed by atoms with Crippen molar-refractivity contribution in [3.8, 4) is 5.75 Å². The van der Waals surface area contributed by atoms with Gasteiger partial charge in [-0.3, -0.25) is 5.41 Å². The van der Waals surface area contributed by atoms with Gasteiger partial charge in [-0.15, -0.1) is 0 Å². The first-order valence-corrected chi connectivity index (χ1v) is 10.5. The van der Waals surface area contributed by atoms with Gasteiger partial charge >= 0.3 is 0 Å². The van der Waals surface area contributed by atoms with E-state index >= 15 is 0 Å². The van der Waals surface area contributed by atoms with Crippen LogP contribution in [0.5, 0.6) is 5.75 Å². The summed E-state index contributed by atoms with van der Waals surface area (Å²) in [5, 5.41) is 29.9. The number of nitrogens with one attached hydrogen (secondary N) is 2. The number of allylic oxidation sites excluding steroid dienone is 2. The minimum Gasteiger partial charge on any atom is -0.494 e. The predicted molar refractivity (Wildman–Crippen MR) is 129 cm³/mol. The molecule has 1 aliphatic rings. The number of anilines is 2. The molecule has 0 heterocycles. The molecule has 0 spiro atoms. The Morgan fingerprint density at radius 2 is 1.66 bits per heavy atom. The van der Waals surface area contributed by atoms with Crippen LogP contribution in [0.2, 0.25) is 0 Å². The second kappa shape index (κ2) is 11.1. The Labute approximate surface area is 187 Å². The Hall–Kier alpha value is -3.62. The van der Waals surface area contributed by atoms with Crippen LogP contribution in [0.15, 0.2) is 77.1 Å². The van der Waals surface area contributed by atoms with Crippen LogP contribution in [-0.4, -0.2) is 54.5 Å². The average molecular weight is 436 g/mol. The van der Waals surface area contributed by atoms with Crippen LogP contribution in [0.1, 0.15) is 6.92 Å². The van der Waals surface area contributed by atoms with Crippen LogP contribution < -0.4 is 20.7 Å². The second-order valence-corrected chi connectivity index (χ2v) is 7.10. The highest BCUT2D eigenvalue weighted by atomic mass is 16.5. The number of hydrogen-bond donors (Lipinski definition) is 5. The molecule has 32 heavy (non-hydrogen) atoms. The molecule has 2 aromatic rings. The van der Waals surface area contributed by atoms with Gasteiger partial charge < -0.3 is 30.9 Å². The molecule has 168 valence electrons. The van der Waals surface area contributed by atoms with E-state index in [9.17, 15) is 10.2 Å². The lowest BCUT2D eigenvalue weighted by molar-refractivity contribution is 0.281. The Bertz CT molecular complexity index is 1000. The molecule has 0 radical (unpaired) electrons. The highest BCUT2D eigenvalue weighted by Gasteiger charge is 2.15. The summed E-state index contributed by atoms with van der Waals surface area (Å²) < 4.78 is 5.46. The highest BCUT2D eigenvalue weighted by molar-refractivity contribution is 6.23. The van der Waals surface area contributed by atoms with Crippen molar-refractivity contribution in [1.82, 2.24) is 0 Å². The molecule has 2 aromatic carbocycles. The van der Waals surface area contributed by atoms with E-state index in [4.69, 9.17) is 15.9 Å². The molecule has 0 amide bonds. The van der Waals surface area contributed by atoms with E-state index in [-0.39, 0.29) is 18.9 Å². The van der Waals surface area contributed by atoms with Gasteiger partial charge in [0.2, 0.25) is 0 Å². The normalized spacial score (nSPS) is 14.7. The van der Waals surface area contributed by atoms with E-state index in [1.807, 2.05) is 60.4 Å². The van der Waals surface area contributed by atoms with Gasteiger partial charge in [0, 0.05) is 24.5 Å². The van der Waals surface area contributed by atoms with Gasteiger partial charge in [0.25, 0.3) is 0 Å². The van der Waals surface area contributed by atoms with E-state index in [1.54, 1.807) is 12.2 Å². The maximum Gasteiger partial charge on any atom is 0.119 e. The molecule has 0 saturated carbocycles. The summed E-state index contributed by atoms with van der Waals surface area (Å²) in [6, 6.07) is 15.0. The first-order valence-electron chi connectivity index (χ1n) is 10.5. The molecular formula is C24H29N5O3. The smallest absolute Gasteiger partial charge is 0.119 e. The van der Waals surface area contributed by atoms with Crippen molar-refractivity contribution in [2.45, 2.75) is 6.92 Å². The SMILES string of the molecule is CCOc1ccc(NC2=C/C(=N/c3ccc(N(CCO)CCO)cc3)C(N)=CC2=N)cc1. The Morgan fingerprint density at radius 1 is 1.00 bits per heavy atom. The zero-order chi connectivity index (χ0) is 22.9. The Kier molecular flexibility index (Phi) is 8.02. The van der Waals surface area contributed by atoms with Crippen LogP contribution >= 0.6 is 0 Å². The standard InChI is InChI=1S/C24H29N5O3/c1-2-32-20-9-5-18(6-10-20)28-24-16-23(21(25)15-22(24)26)27-17-3-7-19(8-4-17)29(11-13-30)12-14-31/h3-10,15-16,26,28,30-31H,2,11-14,25H2,1H3/b26-22?,27-23-. The summed E-state index contributed by atoms with van der Waals surface area (Å²) >= 11 is 0. The van der Waals surface area contributed by atoms with Crippen LogP contribution in [0.25, 0.3) is 0 Å². The van der Waals surface area contributed by atoms with Crippen molar-refractivity contribution in [1.29, 1.82) is 5.41 Å². The molecule has 8 heteroatoms. The van der Waals surface area contributed by atoms with E-state index in [0.29, 0.717) is 42.5 Å². The lowest BCUT2D eigenvalue weighted by Crippen LogP contribution is -2.29. The quantitative estimate of drug-likeness (QED) is 0.365. The third-order valence-electron chi connectivity index (χ3n) is 4.82. The first-order chi connectivity index (χ1) is 15.5. The summed E-state index contributed by atoms with van der Waals surface area (Å²) in [6.45, 7) is 3.43. The number of aliphatic hydroxyl groups is 2. The largest absolute Gasteiger partial charge is 0.494 e. The van der Waals surface area contributed by atoms with E-state index in [2.05, 4.69) is 10.3 Å². The molecule has 1 aliphatic carbocycles. The van der Waals surface area contributed by atoms with Gasteiger partial charge in [-0.2, -0.15) is 0 Å². The summed E-state index contributed by atoms with van der Waals surface area (Å²) in [6.07, 6.45) is 3.33. The molecule has 6 N–H and O–H groups in total. The molecule has 0 saturated heterocycles. The molecule has 3 rings (SSSR count). The maximum atomic E-state index is 9.21. The lowest BCUT2D eigenvalue weighted by Gasteiger charge is -2.23. The zero-order valence-corrected chi connectivity index (χ0v) is 18.1. The number of nitrogens with zero attached hydrogens (tertiary/aromatic N) is 2. The monoisotopic (exact) mass is 435 g/mol. The van der Waals surface area contributed by atoms with Crippen molar-refractivity contribution in [2.24, 2.45) is 10.7 Å². The van der Waals surface area contributed by atoms with Gasteiger partial charge in [-0.25, -0.2) is 4.99 Å². The third-order valence-corrected chi connectivity index (χ3v) is 4.82. The number of benzene rings is 2. The van der Waals surface area contributed by atoms with Gasteiger partial charge in [-0.05, 0) is 67.6 Å². The van der Waals surface area contributed by atoms with Crippen molar-refractivity contribution >= 4 is 28.5 Å².